The SMILES string of the molecule is C=CC=CS(=O)(=O)c1ccc(Cl)cc1. The lowest BCUT2D eigenvalue weighted by Gasteiger charge is -1.97. The Morgan fingerprint density at radius 1 is 1.21 bits per heavy atom. The summed E-state index contributed by atoms with van der Waals surface area (Å²) in [6.07, 6.45) is 2.79. The van der Waals surface area contributed by atoms with Crippen LogP contribution in [0.2, 0.25) is 5.02 Å². The maximum absolute atomic E-state index is 11.5. The molecule has 0 saturated heterocycles. The Bertz CT molecular complexity index is 444. The molecule has 0 radical (unpaired) electrons. The van der Waals surface area contributed by atoms with E-state index in [-0.39, 0.29) is 4.90 Å². The van der Waals surface area contributed by atoms with Crippen LogP contribution in [0.4, 0.5) is 0 Å². The quantitative estimate of drug-likeness (QED) is 0.746. The minimum Gasteiger partial charge on any atom is -0.219 e. The lowest BCUT2D eigenvalue weighted by atomic mass is 10.4. The fraction of sp³-hybridized carbons (Fsp3) is 0. The summed E-state index contributed by atoms with van der Waals surface area (Å²) in [5.74, 6) is 0. The first-order valence-corrected chi connectivity index (χ1v) is 5.78. The van der Waals surface area contributed by atoms with Gasteiger partial charge in [-0.15, -0.1) is 0 Å². The smallest absolute Gasteiger partial charge is 0.199 e. The maximum atomic E-state index is 11.5. The van der Waals surface area contributed by atoms with Crippen molar-refractivity contribution < 1.29 is 8.42 Å². The third-order valence-electron chi connectivity index (χ3n) is 1.54. The van der Waals surface area contributed by atoms with E-state index >= 15 is 0 Å². The molecule has 0 fully saturated rings. The number of hydrogen-bond donors (Lipinski definition) is 0. The number of benzene rings is 1. The van der Waals surface area contributed by atoms with Crippen molar-refractivity contribution in [3.05, 3.63) is 53.4 Å². The van der Waals surface area contributed by atoms with E-state index in [4.69, 9.17) is 11.6 Å². The van der Waals surface area contributed by atoms with E-state index in [0.717, 1.165) is 5.41 Å². The van der Waals surface area contributed by atoms with Crippen LogP contribution in [0, 0.1) is 0 Å². The normalized spacial score (nSPS) is 11.8. The van der Waals surface area contributed by atoms with E-state index in [9.17, 15) is 8.42 Å². The second-order valence-corrected chi connectivity index (χ2v) is 4.83. The van der Waals surface area contributed by atoms with Gasteiger partial charge >= 0.3 is 0 Å². The first kappa shape index (κ1) is 11.0. The molecule has 1 rings (SSSR count). The number of rotatable bonds is 3. The van der Waals surface area contributed by atoms with E-state index in [1.807, 2.05) is 0 Å². The molecule has 0 aromatic heterocycles. The summed E-state index contributed by atoms with van der Waals surface area (Å²) in [6.45, 7) is 3.40. The summed E-state index contributed by atoms with van der Waals surface area (Å²) >= 11 is 5.64. The number of halogens is 1. The Labute approximate surface area is 88.4 Å². The van der Waals surface area contributed by atoms with Crippen molar-refractivity contribution in [3.8, 4) is 0 Å². The zero-order valence-electron chi connectivity index (χ0n) is 7.35. The van der Waals surface area contributed by atoms with Crippen molar-refractivity contribution in [2.45, 2.75) is 4.90 Å². The molecule has 0 unspecified atom stereocenters. The predicted octanol–water partition coefficient (Wildman–Crippen LogP) is 2.81. The Kier molecular flexibility index (Phi) is 3.49. The van der Waals surface area contributed by atoms with Gasteiger partial charge in [-0.2, -0.15) is 0 Å². The molecule has 14 heavy (non-hydrogen) atoms. The van der Waals surface area contributed by atoms with Gasteiger partial charge in [0, 0.05) is 10.4 Å². The van der Waals surface area contributed by atoms with Crippen molar-refractivity contribution in [1.82, 2.24) is 0 Å². The average molecular weight is 229 g/mol. The van der Waals surface area contributed by atoms with E-state index in [2.05, 4.69) is 6.58 Å². The van der Waals surface area contributed by atoms with E-state index in [0.29, 0.717) is 5.02 Å². The molecule has 0 aliphatic heterocycles. The Balaban J connectivity index is 3.11. The summed E-state index contributed by atoms with van der Waals surface area (Å²) in [6, 6.07) is 6.00. The molecule has 0 spiro atoms. The highest BCUT2D eigenvalue weighted by atomic mass is 35.5. The Morgan fingerprint density at radius 2 is 1.79 bits per heavy atom. The maximum Gasteiger partial charge on any atom is 0.199 e. The molecule has 4 heteroatoms. The Hall–Kier alpha value is -1.06. The van der Waals surface area contributed by atoms with Crippen LogP contribution in [0.3, 0.4) is 0 Å². The molecule has 0 aliphatic rings. The molecule has 0 amide bonds. The van der Waals surface area contributed by atoms with Crippen LogP contribution < -0.4 is 0 Å². The highest BCUT2D eigenvalue weighted by Crippen LogP contribution is 2.15. The zero-order valence-corrected chi connectivity index (χ0v) is 8.92. The molecule has 1 aromatic rings. The lowest BCUT2D eigenvalue weighted by Crippen LogP contribution is -1.94. The first-order valence-electron chi connectivity index (χ1n) is 3.86. The molecule has 0 N–H and O–H groups in total. The van der Waals surface area contributed by atoms with Gasteiger partial charge in [-0.1, -0.05) is 30.3 Å². The predicted molar refractivity (Wildman–Crippen MR) is 58.0 cm³/mol. The highest BCUT2D eigenvalue weighted by molar-refractivity contribution is 7.94. The number of hydrogen-bond acceptors (Lipinski definition) is 2. The van der Waals surface area contributed by atoms with Gasteiger partial charge in [0.05, 0.1) is 4.90 Å². The van der Waals surface area contributed by atoms with Crippen molar-refractivity contribution >= 4 is 21.4 Å². The van der Waals surface area contributed by atoms with Gasteiger partial charge in [-0.05, 0) is 24.3 Å². The van der Waals surface area contributed by atoms with Crippen molar-refractivity contribution in [1.29, 1.82) is 0 Å². The van der Waals surface area contributed by atoms with Crippen molar-refractivity contribution in [2.75, 3.05) is 0 Å². The van der Waals surface area contributed by atoms with Gasteiger partial charge in [-0.3, -0.25) is 0 Å². The van der Waals surface area contributed by atoms with Crippen LogP contribution in [0.25, 0.3) is 0 Å². The summed E-state index contributed by atoms with van der Waals surface area (Å²) in [4.78, 5) is 0.222. The van der Waals surface area contributed by atoms with Gasteiger partial charge < -0.3 is 0 Å². The molecule has 0 aliphatic carbocycles. The van der Waals surface area contributed by atoms with Gasteiger partial charge in [-0.25, -0.2) is 8.42 Å². The monoisotopic (exact) mass is 228 g/mol. The van der Waals surface area contributed by atoms with Crippen LogP contribution in [0.15, 0.2) is 53.3 Å². The van der Waals surface area contributed by atoms with E-state index < -0.39 is 9.84 Å². The van der Waals surface area contributed by atoms with Gasteiger partial charge in [0.15, 0.2) is 9.84 Å². The minimum absolute atomic E-state index is 0.222. The summed E-state index contributed by atoms with van der Waals surface area (Å²) in [7, 11) is -3.35. The summed E-state index contributed by atoms with van der Waals surface area (Å²) < 4.78 is 23.0. The van der Waals surface area contributed by atoms with Crippen LogP contribution in [0.1, 0.15) is 0 Å². The third-order valence-corrected chi connectivity index (χ3v) is 3.23. The van der Waals surface area contributed by atoms with Crippen LogP contribution in [0.5, 0.6) is 0 Å². The van der Waals surface area contributed by atoms with Crippen molar-refractivity contribution in [3.63, 3.8) is 0 Å². The van der Waals surface area contributed by atoms with E-state index in [1.165, 1.54) is 36.4 Å². The molecule has 0 atom stereocenters. The summed E-state index contributed by atoms with van der Waals surface area (Å²) in [5.41, 5.74) is 0. The summed E-state index contributed by atoms with van der Waals surface area (Å²) in [5, 5.41) is 1.61. The zero-order chi connectivity index (χ0) is 10.6. The standard InChI is InChI=1S/C10H9ClO2S/c1-2-3-8-14(12,13)10-6-4-9(11)5-7-10/h2-8H,1H2. The molecule has 0 bridgehead atoms. The fourth-order valence-corrected chi connectivity index (χ4v) is 1.98. The lowest BCUT2D eigenvalue weighted by molar-refractivity contribution is 0.604. The molecular formula is C10H9ClO2S. The van der Waals surface area contributed by atoms with Crippen molar-refractivity contribution in [2.24, 2.45) is 0 Å². The van der Waals surface area contributed by atoms with Crippen LogP contribution in [-0.2, 0) is 9.84 Å². The molecular weight excluding hydrogens is 220 g/mol. The fourth-order valence-electron chi connectivity index (χ4n) is 0.862. The molecule has 2 nitrogen and oxygen atoms in total. The third kappa shape index (κ3) is 2.72. The topological polar surface area (TPSA) is 34.1 Å². The Morgan fingerprint density at radius 3 is 2.29 bits per heavy atom. The second kappa shape index (κ2) is 4.44. The van der Waals surface area contributed by atoms with Crippen LogP contribution >= 0.6 is 11.6 Å². The molecule has 74 valence electrons. The van der Waals surface area contributed by atoms with E-state index in [1.54, 1.807) is 0 Å². The van der Waals surface area contributed by atoms with Gasteiger partial charge in [0.2, 0.25) is 0 Å². The first-order chi connectivity index (χ1) is 6.56. The highest BCUT2D eigenvalue weighted by Gasteiger charge is 2.08. The minimum atomic E-state index is -3.35. The van der Waals surface area contributed by atoms with Gasteiger partial charge in [0.25, 0.3) is 0 Å². The molecule has 0 heterocycles. The second-order valence-electron chi connectivity index (χ2n) is 2.56. The largest absolute Gasteiger partial charge is 0.219 e. The average Bonchev–Trinajstić information content (AvgIpc) is 2.16. The van der Waals surface area contributed by atoms with Crippen LogP contribution in [-0.4, -0.2) is 8.42 Å². The molecule has 1 aromatic carbocycles. The molecule has 0 saturated carbocycles. The number of sulfone groups is 1. The van der Waals surface area contributed by atoms with Gasteiger partial charge in [0.1, 0.15) is 0 Å². The number of allylic oxidation sites excluding steroid dienone is 2.